The van der Waals surface area contributed by atoms with E-state index in [0.29, 0.717) is 0 Å². The van der Waals surface area contributed by atoms with Gasteiger partial charge in [0.15, 0.2) is 0 Å². The van der Waals surface area contributed by atoms with Crippen molar-refractivity contribution in [2.45, 2.75) is 70.2 Å². The maximum atomic E-state index is 13.7. The molecule has 1 saturated heterocycles. The second-order valence-corrected chi connectivity index (χ2v) is 11.9. The minimum Gasteiger partial charge on any atom is -0.460 e. The molecule has 1 aliphatic rings. The van der Waals surface area contributed by atoms with Crippen molar-refractivity contribution in [2.75, 3.05) is 0 Å². The first kappa shape index (κ1) is 27.1. The average molecular weight is 518 g/mol. The minimum absolute atomic E-state index is 0.152. The van der Waals surface area contributed by atoms with E-state index in [4.69, 9.17) is 4.74 Å². The third-order valence-corrected chi connectivity index (χ3v) is 7.58. The Labute approximate surface area is 211 Å². The minimum atomic E-state index is -4.45. The van der Waals surface area contributed by atoms with Crippen LogP contribution in [0.25, 0.3) is 0 Å². The predicted molar refractivity (Wildman–Crippen MR) is 132 cm³/mol. The Morgan fingerprint density at radius 1 is 1.08 bits per heavy atom. The molecule has 2 aromatic carbocycles. The van der Waals surface area contributed by atoms with E-state index in [1.165, 1.54) is 4.90 Å². The number of carbonyl (C=O) groups is 2. The van der Waals surface area contributed by atoms with Crippen LogP contribution >= 0.6 is 0 Å². The van der Waals surface area contributed by atoms with Gasteiger partial charge < -0.3 is 9.64 Å². The summed E-state index contributed by atoms with van der Waals surface area (Å²) in [6.45, 7) is 8.99. The highest BCUT2D eigenvalue weighted by atomic mass is 32.2. The van der Waals surface area contributed by atoms with Crippen molar-refractivity contribution in [1.82, 2.24) is 9.21 Å². The first-order valence-electron chi connectivity index (χ1n) is 11.6. The predicted octanol–water partition coefficient (Wildman–Crippen LogP) is 4.35. The van der Waals surface area contributed by atoms with E-state index in [2.05, 4.69) is 0 Å². The van der Waals surface area contributed by atoms with Crippen LogP contribution in [0.1, 0.15) is 46.6 Å². The molecule has 0 aliphatic carbocycles. The van der Waals surface area contributed by atoms with E-state index in [-0.39, 0.29) is 29.5 Å². The summed E-state index contributed by atoms with van der Waals surface area (Å²) < 4.78 is 33.7. The standard InChI is InChI=1S/C25H31N3O7S/c1-17(2)23-21(15-22(29)35-25(3,4)5)27(24(30)26(23)16-18-9-7-6-8-10-18)36(33,34)20-13-11-19(12-14-20)28(31)32/h6-14,17,21,23H,15-16H2,1-5H3/t21-,23+/m1/s1. The summed E-state index contributed by atoms with van der Waals surface area (Å²) in [6, 6.07) is 11.1. The molecule has 0 saturated carbocycles. The number of non-ortho nitro benzene ring substituents is 1. The Balaban J connectivity index is 2.08. The van der Waals surface area contributed by atoms with E-state index >= 15 is 0 Å². The molecule has 1 heterocycles. The number of nitro groups is 1. The molecule has 1 aliphatic heterocycles. The summed E-state index contributed by atoms with van der Waals surface area (Å²) in [5.74, 6) is -0.821. The Morgan fingerprint density at radius 2 is 1.67 bits per heavy atom. The number of benzene rings is 2. The van der Waals surface area contributed by atoms with Crippen molar-refractivity contribution in [3.8, 4) is 0 Å². The summed E-state index contributed by atoms with van der Waals surface area (Å²) in [4.78, 5) is 38.1. The molecule has 1 fully saturated rings. The second-order valence-electron chi connectivity index (χ2n) is 10.0. The van der Waals surface area contributed by atoms with Crippen molar-refractivity contribution in [1.29, 1.82) is 0 Å². The number of nitrogens with zero attached hydrogens (tertiary/aromatic N) is 3. The van der Waals surface area contributed by atoms with Crippen molar-refractivity contribution in [3.05, 3.63) is 70.3 Å². The molecule has 11 heteroatoms. The van der Waals surface area contributed by atoms with Gasteiger partial charge in [0.05, 0.1) is 28.3 Å². The second kappa shape index (κ2) is 10.3. The monoisotopic (exact) mass is 517 g/mol. The third-order valence-electron chi connectivity index (χ3n) is 5.77. The SMILES string of the molecule is CC(C)[C@H]1[C@@H](CC(=O)OC(C)(C)C)N(S(=O)(=O)c2ccc([N+](=O)[O-])cc2)C(=O)N1Cc1ccccc1. The van der Waals surface area contributed by atoms with Gasteiger partial charge in [-0.15, -0.1) is 0 Å². The number of esters is 1. The number of ether oxygens (including phenoxy) is 1. The van der Waals surface area contributed by atoms with Crippen LogP contribution in [0.4, 0.5) is 10.5 Å². The van der Waals surface area contributed by atoms with E-state index < -0.39 is 44.6 Å². The highest BCUT2D eigenvalue weighted by Gasteiger charge is 2.53. The van der Waals surface area contributed by atoms with Crippen molar-refractivity contribution in [3.63, 3.8) is 0 Å². The Morgan fingerprint density at radius 3 is 2.17 bits per heavy atom. The third kappa shape index (κ3) is 5.84. The number of amides is 2. The van der Waals surface area contributed by atoms with Crippen LogP contribution in [-0.2, 0) is 26.1 Å². The van der Waals surface area contributed by atoms with Crippen LogP contribution in [0.2, 0.25) is 0 Å². The summed E-state index contributed by atoms with van der Waals surface area (Å²) in [7, 11) is -4.45. The van der Waals surface area contributed by atoms with Crippen LogP contribution in [0.15, 0.2) is 59.5 Å². The molecule has 0 unspecified atom stereocenters. The molecule has 3 rings (SSSR count). The van der Waals surface area contributed by atoms with E-state index in [0.717, 1.165) is 34.1 Å². The molecule has 0 spiro atoms. The fraction of sp³-hybridized carbons (Fsp3) is 0.440. The van der Waals surface area contributed by atoms with E-state index in [9.17, 15) is 28.1 Å². The smallest absolute Gasteiger partial charge is 0.334 e. The highest BCUT2D eigenvalue weighted by Crippen LogP contribution is 2.36. The molecule has 0 aromatic heterocycles. The Kier molecular flexibility index (Phi) is 7.73. The van der Waals surface area contributed by atoms with Gasteiger partial charge in [-0.25, -0.2) is 17.5 Å². The molecule has 194 valence electrons. The summed E-state index contributed by atoms with van der Waals surface area (Å²) >= 11 is 0. The lowest BCUT2D eigenvalue weighted by Gasteiger charge is -2.31. The van der Waals surface area contributed by atoms with Gasteiger partial charge in [-0.05, 0) is 44.4 Å². The van der Waals surface area contributed by atoms with Crippen LogP contribution in [0, 0.1) is 16.0 Å². The quantitative estimate of drug-likeness (QED) is 0.289. The molecule has 36 heavy (non-hydrogen) atoms. The van der Waals surface area contributed by atoms with Crippen LogP contribution in [0.5, 0.6) is 0 Å². The normalized spacial score (nSPS) is 18.6. The zero-order chi connectivity index (χ0) is 26.8. The summed E-state index contributed by atoms with van der Waals surface area (Å²) in [6.07, 6.45) is -0.330. The number of sulfonamides is 1. The highest BCUT2D eigenvalue weighted by molar-refractivity contribution is 7.89. The first-order chi connectivity index (χ1) is 16.7. The number of hydrogen-bond donors (Lipinski definition) is 0. The zero-order valence-electron chi connectivity index (χ0n) is 21.0. The van der Waals surface area contributed by atoms with Crippen LogP contribution < -0.4 is 0 Å². The lowest BCUT2D eigenvalue weighted by molar-refractivity contribution is -0.384. The number of carbonyl (C=O) groups excluding carboxylic acids is 2. The fourth-order valence-corrected chi connectivity index (χ4v) is 5.97. The molecular weight excluding hydrogens is 486 g/mol. The molecule has 2 atom stereocenters. The largest absolute Gasteiger partial charge is 0.460 e. The Hall–Kier alpha value is -3.47. The zero-order valence-corrected chi connectivity index (χ0v) is 21.8. The lowest BCUT2D eigenvalue weighted by Crippen LogP contribution is -2.45. The van der Waals surface area contributed by atoms with Crippen LogP contribution in [0.3, 0.4) is 0 Å². The lowest BCUT2D eigenvalue weighted by atomic mass is 9.94. The average Bonchev–Trinajstić information content (AvgIpc) is 3.04. The number of hydrogen-bond acceptors (Lipinski definition) is 7. The number of urea groups is 1. The van der Waals surface area contributed by atoms with Gasteiger partial charge in [0, 0.05) is 18.7 Å². The maximum Gasteiger partial charge on any atom is 0.334 e. The van der Waals surface area contributed by atoms with Gasteiger partial charge in [0.1, 0.15) is 5.60 Å². The molecule has 0 N–H and O–H groups in total. The molecule has 2 amide bonds. The molecule has 0 bridgehead atoms. The molecule has 10 nitrogen and oxygen atoms in total. The number of rotatable bonds is 8. The van der Waals surface area contributed by atoms with Crippen molar-refractivity contribution in [2.24, 2.45) is 5.92 Å². The molecular formula is C25H31N3O7S. The van der Waals surface area contributed by atoms with Crippen molar-refractivity contribution < 1.29 is 27.7 Å². The fourth-order valence-electron chi connectivity index (χ4n) is 4.39. The number of nitro benzene ring substituents is 1. The maximum absolute atomic E-state index is 13.7. The Bertz CT molecular complexity index is 1220. The van der Waals surface area contributed by atoms with Gasteiger partial charge >= 0.3 is 12.0 Å². The van der Waals surface area contributed by atoms with Crippen molar-refractivity contribution >= 4 is 27.7 Å². The summed E-state index contributed by atoms with van der Waals surface area (Å²) in [5.41, 5.74) is -0.265. The van der Waals surface area contributed by atoms with Crippen LogP contribution in [-0.4, -0.2) is 52.2 Å². The molecule has 0 radical (unpaired) electrons. The van der Waals surface area contributed by atoms with Gasteiger partial charge in [-0.2, -0.15) is 0 Å². The molecule has 2 aromatic rings. The van der Waals surface area contributed by atoms with Gasteiger partial charge in [-0.1, -0.05) is 44.2 Å². The van der Waals surface area contributed by atoms with E-state index in [1.54, 1.807) is 20.8 Å². The summed E-state index contributed by atoms with van der Waals surface area (Å²) in [5, 5.41) is 11.0. The van der Waals surface area contributed by atoms with Gasteiger partial charge in [0.2, 0.25) is 0 Å². The topological polar surface area (TPSA) is 127 Å². The van der Waals surface area contributed by atoms with Gasteiger partial charge in [-0.3, -0.25) is 14.9 Å². The first-order valence-corrected chi connectivity index (χ1v) is 13.0. The van der Waals surface area contributed by atoms with Gasteiger partial charge in [0.25, 0.3) is 15.7 Å². The van der Waals surface area contributed by atoms with E-state index in [1.807, 2.05) is 44.2 Å².